The van der Waals surface area contributed by atoms with Gasteiger partial charge in [-0.05, 0) is 25.0 Å². The van der Waals surface area contributed by atoms with E-state index in [1.54, 1.807) is 22.7 Å². The largest absolute Gasteiger partial charge is 0.284 e. The molecule has 0 amide bonds. The molecule has 0 aromatic carbocycles. The van der Waals surface area contributed by atoms with Gasteiger partial charge in [-0.15, -0.1) is 10.2 Å². The molecule has 1 fully saturated rings. The Balaban J connectivity index is 2.21. The molecule has 1 atom stereocenters. The number of hydrogen-bond acceptors (Lipinski definition) is 4. The van der Waals surface area contributed by atoms with Crippen molar-refractivity contribution in [3.8, 4) is 0 Å². The van der Waals surface area contributed by atoms with Gasteiger partial charge in [0, 0.05) is 6.20 Å². The van der Waals surface area contributed by atoms with Crippen LogP contribution in [-0.4, -0.2) is 28.8 Å². The van der Waals surface area contributed by atoms with Crippen molar-refractivity contribution in [2.75, 3.05) is 5.75 Å². The molecule has 7 heteroatoms. The molecule has 0 spiro atoms. The lowest BCUT2D eigenvalue weighted by atomic mass is 10.2. The standard InChI is InChI=1S/C10H10ClN3O2S/c11-7-3-4-9-12-13-10(14(9)6-7)8-2-1-5-17(8,15)16/h3-4,6,8H,1-2,5H2. The number of sulfone groups is 1. The minimum Gasteiger partial charge on any atom is -0.284 e. The third-order valence-electron chi connectivity index (χ3n) is 3.01. The summed E-state index contributed by atoms with van der Waals surface area (Å²) in [4.78, 5) is 0. The molecule has 5 nitrogen and oxygen atoms in total. The lowest BCUT2D eigenvalue weighted by Crippen LogP contribution is -2.11. The Bertz CT molecular complexity index is 680. The highest BCUT2D eigenvalue weighted by Crippen LogP contribution is 2.33. The number of fused-ring (bicyclic) bond motifs is 1. The molecule has 17 heavy (non-hydrogen) atoms. The number of pyridine rings is 1. The maximum Gasteiger partial charge on any atom is 0.160 e. The molecule has 0 N–H and O–H groups in total. The molecule has 2 aromatic heterocycles. The lowest BCUT2D eigenvalue weighted by molar-refractivity contribution is 0.588. The van der Waals surface area contributed by atoms with Crippen LogP contribution in [0.3, 0.4) is 0 Å². The van der Waals surface area contributed by atoms with E-state index in [9.17, 15) is 8.42 Å². The van der Waals surface area contributed by atoms with Gasteiger partial charge in [0.15, 0.2) is 21.3 Å². The van der Waals surface area contributed by atoms with E-state index in [-0.39, 0.29) is 5.75 Å². The summed E-state index contributed by atoms with van der Waals surface area (Å²) in [5, 5.41) is 7.94. The summed E-state index contributed by atoms with van der Waals surface area (Å²) in [5.41, 5.74) is 0.617. The quantitative estimate of drug-likeness (QED) is 0.791. The monoisotopic (exact) mass is 271 g/mol. The topological polar surface area (TPSA) is 64.3 Å². The zero-order valence-corrected chi connectivity index (χ0v) is 10.4. The van der Waals surface area contributed by atoms with Crippen molar-refractivity contribution in [3.05, 3.63) is 29.2 Å². The Kier molecular flexibility index (Phi) is 2.38. The average Bonchev–Trinajstić information content (AvgIpc) is 2.80. The van der Waals surface area contributed by atoms with E-state index in [0.29, 0.717) is 29.3 Å². The maximum absolute atomic E-state index is 11.9. The van der Waals surface area contributed by atoms with Gasteiger partial charge in [-0.3, -0.25) is 4.40 Å². The predicted molar refractivity (Wildman–Crippen MR) is 63.8 cm³/mol. The summed E-state index contributed by atoms with van der Waals surface area (Å²) in [6.45, 7) is 0. The number of halogens is 1. The van der Waals surface area contributed by atoms with Crippen molar-refractivity contribution >= 4 is 27.1 Å². The van der Waals surface area contributed by atoms with Crippen LogP contribution < -0.4 is 0 Å². The minimum atomic E-state index is -3.08. The van der Waals surface area contributed by atoms with Gasteiger partial charge in [0.05, 0.1) is 10.8 Å². The van der Waals surface area contributed by atoms with Crippen molar-refractivity contribution in [1.82, 2.24) is 14.6 Å². The second-order valence-corrected chi connectivity index (χ2v) is 6.87. The zero-order chi connectivity index (χ0) is 12.0. The fourth-order valence-corrected chi connectivity index (χ4v) is 4.21. The van der Waals surface area contributed by atoms with Crippen LogP contribution in [0.1, 0.15) is 23.9 Å². The fraction of sp³-hybridized carbons (Fsp3) is 0.400. The first-order chi connectivity index (χ1) is 8.08. The van der Waals surface area contributed by atoms with Crippen LogP contribution >= 0.6 is 11.6 Å². The third kappa shape index (κ3) is 1.71. The van der Waals surface area contributed by atoms with Gasteiger partial charge in [0.2, 0.25) is 0 Å². The van der Waals surface area contributed by atoms with Crippen molar-refractivity contribution in [3.63, 3.8) is 0 Å². The molecule has 0 aliphatic carbocycles. The van der Waals surface area contributed by atoms with Gasteiger partial charge in [-0.1, -0.05) is 11.6 Å². The summed E-state index contributed by atoms with van der Waals surface area (Å²) in [6, 6.07) is 3.43. The Morgan fingerprint density at radius 3 is 2.88 bits per heavy atom. The summed E-state index contributed by atoms with van der Waals surface area (Å²) in [5.74, 6) is 0.702. The normalized spacial score (nSPS) is 23.2. The second-order valence-electron chi connectivity index (χ2n) is 4.13. The van der Waals surface area contributed by atoms with Crippen molar-refractivity contribution in [2.45, 2.75) is 18.1 Å². The van der Waals surface area contributed by atoms with Crippen LogP contribution in [0.2, 0.25) is 5.02 Å². The van der Waals surface area contributed by atoms with E-state index < -0.39 is 15.1 Å². The van der Waals surface area contributed by atoms with Gasteiger partial charge in [-0.2, -0.15) is 0 Å². The van der Waals surface area contributed by atoms with E-state index in [0.717, 1.165) is 0 Å². The number of nitrogens with zero attached hydrogens (tertiary/aromatic N) is 3. The van der Waals surface area contributed by atoms with E-state index in [4.69, 9.17) is 11.6 Å². The molecule has 1 saturated heterocycles. The van der Waals surface area contributed by atoms with Gasteiger partial charge < -0.3 is 0 Å². The van der Waals surface area contributed by atoms with E-state index in [1.165, 1.54) is 0 Å². The summed E-state index contributed by atoms with van der Waals surface area (Å²) < 4.78 is 25.4. The first kappa shape index (κ1) is 11.0. The first-order valence-corrected chi connectivity index (χ1v) is 7.39. The third-order valence-corrected chi connectivity index (χ3v) is 5.40. The van der Waals surface area contributed by atoms with Crippen molar-refractivity contribution < 1.29 is 8.42 Å². The Hall–Kier alpha value is -1.14. The van der Waals surface area contributed by atoms with Crippen LogP contribution in [0.25, 0.3) is 5.65 Å². The van der Waals surface area contributed by atoms with E-state index in [2.05, 4.69) is 10.2 Å². The SMILES string of the molecule is O=S1(=O)CCCC1c1nnc2ccc(Cl)cn12. The molecule has 1 aliphatic heterocycles. The second kappa shape index (κ2) is 3.68. The smallest absolute Gasteiger partial charge is 0.160 e. The predicted octanol–water partition coefficient (Wildman–Crippen LogP) is 1.63. The van der Waals surface area contributed by atoms with Gasteiger partial charge in [0.1, 0.15) is 5.25 Å². The molecule has 0 bridgehead atoms. The molecule has 3 rings (SSSR count). The molecule has 1 aliphatic rings. The lowest BCUT2D eigenvalue weighted by Gasteiger charge is -2.06. The minimum absolute atomic E-state index is 0.229. The van der Waals surface area contributed by atoms with Gasteiger partial charge in [0.25, 0.3) is 0 Å². The van der Waals surface area contributed by atoms with Gasteiger partial charge in [-0.25, -0.2) is 8.42 Å². The molecular formula is C10H10ClN3O2S. The molecular weight excluding hydrogens is 262 g/mol. The summed E-state index contributed by atoms with van der Waals surface area (Å²) in [6.07, 6.45) is 2.94. The Labute approximate surface area is 103 Å². The van der Waals surface area contributed by atoms with Crippen LogP contribution in [0.15, 0.2) is 18.3 Å². The summed E-state index contributed by atoms with van der Waals surface area (Å²) >= 11 is 5.90. The number of aromatic nitrogens is 3. The summed E-state index contributed by atoms with van der Waals surface area (Å²) in [7, 11) is -3.08. The van der Waals surface area contributed by atoms with Crippen LogP contribution in [-0.2, 0) is 9.84 Å². The highest BCUT2D eigenvalue weighted by molar-refractivity contribution is 7.91. The highest BCUT2D eigenvalue weighted by Gasteiger charge is 2.36. The number of rotatable bonds is 1. The Morgan fingerprint density at radius 2 is 2.18 bits per heavy atom. The van der Waals surface area contributed by atoms with Crippen LogP contribution in [0.5, 0.6) is 0 Å². The molecule has 0 saturated carbocycles. The Morgan fingerprint density at radius 1 is 1.35 bits per heavy atom. The number of hydrogen-bond donors (Lipinski definition) is 0. The highest BCUT2D eigenvalue weighted by atomic mass is 35.5. The van der Waals surface area contributed by atoms with E-state index in [1.807, 2.05) is 0 Å². The molecule has 1 unspecified atom stereocenters. The molecule has 3 heterocycles. The van der Waals surface area contributed by atoms with Crippen LogP contribution in [0.4, 0.5) is 0 Å². The van der Waals surface area contributed by atoms with E-state index >= 15 is 0 Å². The molecule has 90 valence electrons. The first-order valence-electron chi connectivity index (χ1n) is 5.30. The molecule has 2 aromatic rings. The fourth-order valence-electron chi connectivity index (χ4n) is 2.18. The van der Waals surface area contributed by atoms with Crippen molar-refractivity contribution in [2.24, 2.45) is 0 Å². The molecule has 0 radical (unpaired) electrons. The van der Waals surface area contributed by atoms with Crippen molar-refractivity contribution in [1.29, 1.82) is 0 Å². The average molecular weight is 272 g/mol. The van der Waals surface area contributed by atoms with Gasteiger partial charge >= 0.3 is 0 Å². The maximum atomic E-state index is 11.9. The van der Waals surface area contributed by atoms with Crippen LogP contribution in [0, 0.1) is 0 Å². The zero-order valence-electron chi connectivity index (χ0n) is 8.88.